The summed E-state index contributed by atoms with van der Waals surface area (Å²) in [5.41, 5.74) is 6.70. The van der Waals surface area contributed by atoms with E-state index in [1.807, 2.05) is 4.90 Å². The lowest BCUT2D eigenvalue weighted by atomic mass is 10.2. The van der Waals surface area contributed by atoms with Gasteiger partial charge in [-0.15, -0.1) is 12.4 Å². The number of nitrogens with zero attached hydrogens (tertiary/aromatic N) is 4. The van der Waals surface area contributed by atoms with Crippen molar-refractivity contribution in [2.75, 3.05) is 37.6 Å². The van der Waals surface area contributed by atoms with Crippen LogP contribution in [-0.4, -0.2) is 53.5 Å². The SMILES string of the molecule is CC(=O)N1CCN(c2cc(CCN)nc(C3CC3)n2)CC1.Cl. The average Bonchev–Trinajstić information content (AvgIpc) is 3.32. The Morgan fingerprint density at radius 2 is 1.95 bits per heavy atom. The molecule has 6 nitrogen and oxygen atoms in total. The zero-order valence-corrected chi connectivity index (χ0v) is 13.8. The summed E-state index contributed by atoms with van der Waals surface area (Å²) < 4.78 is 0. The molecule has 0 aromatic carbocycles. The molecule has 7 heteroatoms. The Bertz CT molecular complexity index is 527. The van der Waals surface area contributed by atoms with Crippen molar-refractivity contribution in [2.24, 2.45) is 5.73 Å². The first-order valence-electron chi connectivity index (χ1n) is 7.75. The average molecular weight is 326 g/mol. The number of hydrogen-bond acceptors (Lipinski definition) is 5. The minimum absolute atomic E-state index is 0. The maximum Gasteiger partial charge on any atom is 0.219 e. The van der Waals surface area contributed by atoms with E-state index in [9.17, 15) is 4.79 Å². The van der Waals surface area contributed by atoms with Gasteiger partial charge in [-0.3, -0.25) is 4.79 Å². The highest BCUT2D eigenvalue weighted by atomic mass is 35.5. The van der Waals surface area contributed by atoms with Crippen LogP contribution in [0, 0.1) is 0 Å². The van der Waals surface area contributed by atoms with E-state index in [0.717, 1.165) is 49.9 Å². The van der Waals surface area contributed by atoms with Crippen LogP contribution in [0.15, 0.2) is 6.07 Å². The first-order chi connectivity index (χ1) is 10.2. The summed E-state index contributed by atoms with van der Waals surface area (Å²) >= 11 is 0. The molecule has 0 atom stereocenters. The molecular formula is C15H24ClN5O. The van der Waals surface area contributed by atoms with Crippen LogP contribution in [0.1, 0.15) is 37.2 Å². The van der Waals surface area contributed by atoms with Crippen LogP contribution in [0.4, 0.5) is 5.82 Å². The minimum Gasteiger partial charge on any atom is -0.353 e. The van der Waals surface area contributed by atoms with E-state index in [2.05, 4.69) is 16.0 Å². The van der Waals surface area contributed by atoms with Gasteiger partial charge in [0, 0.05) is 57.2 Å². The highest BCUT2D eigenvalue weighted by Crippen LogP contribution is 2.38. The van der Waals surface area contributed by atoms with E-state index in [4.69, 9.17) is 10.7 Å². The Morgan fingerprint density at radius 3 is 2.50 bits per heavy atom. The summed E-state index contributed by atoms with van der Waals surface area (Å²) in [5.74, 6) is 2.67. The summed E-state index contributed by atoms with van der Waals surface area (Å²) in [6.07, 6.45) is 3.19. The monoisotopic (exact) mass is 325 g/mol. The minimum atomic E-state index is 0. The third-order valence-corrected chi connectivity index (χ3v) is 4.17. The number of piperazine rings is 1. The predicted molar refractivity (Wildman–Crippen MR) is 88.5 cm³/mol. The number of aromatic nitrogens is 2. The van der Waals surface area contributed by atoms with Gasteiger partial charge in [0.15, 0.2) is 0 Å². The molecule has 1 amide bonds. The maximum atomic E-state index is 11.4. The Morgan fingerprint density at radius 1 is 1.27 bits per heavy atom. The fraction of sp³-hybridized carbons (Fsp3) is 0.667. The van der Waals surface area contributed by atoms with Gasteiger partial charge < -0.3 is 15.5 Å². The molecule has 0 unspecified atom stereocenters. The van der Waals surface area contributed by atoms with Crippen LogP contribution >= 0.6 is 12.4 Å². The Balaban J connectivity index is 0.00000176. The van der Waals surface area contributed by atoms with Gasteiger partial charge in [-0.05, 0) is 19.4 Å². The van der Waals surface area contributed by atoms with E-state index in [1.54, 1.807) is 6.92 Å². The van der Waals surface area contributed by atoms with E-state index < -0.39 is 0 Å². The lowest BCUT2D eigenvalue weighted by Gasteiger charge is -2.35. The van der Waals surface area contributed by atoms with Crippen molar-refractivity contribution in [3.05, 3.63) is 17.6 Å². The van der Waals surface area contributed by atoms with E-state index >= 15 is 0 Å². The molecule has 1 aliphatic carbocycles. The molecule has 2 fully saturated rings. The number of halogens is 1. The van der Waals surface area contributed by atoms with Gasteiger partial charge in [0.25, 0.3) is 0 Å². The summed E-state index contributed by atoms with van der Waals surface area (Å²) in [7, 11) is 0. The molecule has 22 heavy (non-hydrogen) atoms. The van der Waals surface area contributed by atoms with Crippen molar-refractivity contribution in [3.63, 3.8) is 0 Å². The molecule has 1 aromatic rings. The molecular weight excluding hydrogens is 302 g/mol. The molecule has 2 heterocycles. The van der Waals surface area contributed by atoms with Crippen LogP contribution in [0.5, 0.6) is 0 Å². The predicted octanol–water partition coefficient (Wildman–Crippen LogP) is 0.945. The van der Waals surface area contributed by atoms with Gasteiger partial charge in [-0.25, -0.2) is 9.97 Å². The Hall–Kier alpha value is -1.40. The molecule has 0 radical (unpaired) electrons. The number of rotatable bonds is 4. The zero-order valence-electron chi connectivity index (χ0n) is 13.0. The number of amides is 1. The molecule has 1 aliphatic heterocycles. The molecule has 2 N–H and O–H groups in total. The summed E-state index contributed by atoms with van der Waals surface area (Å²) in [4.78, 5) is 24.9. The molecule has 122 valence electrons. The van der Waals surface area contributed by atoms with E-state index in [0.29, 0.717) is 12.5 Å². The molecule has 0 bridgehead atoms. The van der Waals surface area contributed by atoms with Crippen molar-refractivity contribution in [1.82, 2.24) is 14.9 Å². The van der Waals surface area contributed by atoms with Crippen molar-refractivity contribution in [2.45, 2.75) is 32.1 Å². The molecule has 1 saturated heterocycles. The van der Waals surface area contributed by atoms with Crippen LogP contribution in [0.25, 0.3) is 0 Å². The summed E-state index contributed by atoms with van der Waals surface area (Å²) in [5, 5.41) is 0. The number of nitrogens with two attached hydrogens (primary N) is 1. The smallest absolute Gasteiger partial charge is 0.219 e. The van der Waals surface area contributed by atoms with Crippen LogP contribution in [-0.2, 0) is 11.2 Å². The van der Waals surface area contributed by atoms with Crippen molar-refractivity contribution in [3.8, 4) is 0 Å². The van der Waals surface area contributed by atoms with Gasteiger partial charge in [-0.2, -0.15) is 0 Å². The lowest BCUT2D eigenvalue weighted by Crippen LogP contribution is -2.48. The number of carbonyl (C=O) groups is 1. The zero-order chi connectivity index (χ0) is 14.8. The standard InChI is InChI=1S/C15H23N5O.ClH/c1-11(21)19-6-8-20(9-7-19)14-10-13(4-5-16)17-15(18-14)12-2-3-12;/h10,12H,2-9,16H2,1H3;1H. The van der Waals surface area contributed by atoms with E-state index in [1.165, 1.54) is 12.8 Å². The fourth-order valence-corrected chi connectivity index (χ4v) is 2.72. The largest absolute Gasteiger partial charge is 0.353 e. The van der Waals surface area contributed by atoms with Gasteiger partial charge >= 0.3 is 0 Å². The second-order valence-electron chi connectivity index (χ2n) is 5.88. The van der Waals surface area contributed by atoms with Gasteiger partial charge in [-0.1, -0.05) is 0 Å². The number of anilines is 1. The number of carbonyl (C=O) groups excluding carboxylic acids is 1. The molecule has 0 spiro atoms. The molecule has 2 aliphatic rings. The van der Waals surface area contributed by atoms with Gasteiger partial charge in [0.2, 0.25) is 5.91 Å². The van der Waals surface area contributed by atoms with Gasteiger partial charge in [0.1, 0.15) is 11.6 Å². The first-order valence-corrected chi connectivity index (χ1v) is 7.75. The topological polar surface area (TPSA) is 75.4 Å². The second kappa shape index (κ2) is 7.24. The second-order valence-corrected chi connectivity index (χ2v) is 5.88. The maximum absolute atomic E-state index is 11.4. The van der Waals surface area contributed by atoms with Crippen LogP contribution < -0.4 is 10.6 Å². The molecule has 3 rings (SSSR count). The number of hydrogen-bond donors (Lipinski definition) is 1. The Labute approximate surface area is 137 Å². The third kappa shape index (κ3) is 3.87. The van der Waals surface area contributed by atoms with Crippen LogP contribution in [0.2, 0.25) is 0 Å². The summed E-state index contributed by atoms with van der Waals surface area (Å²) in [6, 6.07) is 2.06. The first kappa shape index (κ1) is 17.0. The highest BCUT2D eigenvalue weighted by molar-refractivity contribution is 5.85. The molecule has 1 saturated carbocycles. The fourth-order valence-electron chi connectivity index (χ4n) is 2.72. The normalized spacial score (nSPS) is 18.1. The van der Waals surface area contributed by atoms with Crippen LogP contribution in [0.3, 0.4) is 0 Å². The van der Waals surface area contributed by atoms with Gasteiger partial charge in [0.05, 0.1) is 0 Å². The van der Waals surface area contributed by atoms with Crippen molar-refractivity contribution in [1.29, 1.82) is 0 Å². The quantitative estimate of drug-likeness (QED) is 0.892. The summed E-state index contributed by atoms with van der Waals surface area (Å²) in [6.45, 7) is 5.45. The third-order valence-electron chi connectivity index (χ3n) is 4.17. The van der Waals surface area contributed by atoms with Crippen molar-refractivity contribution < 1.29 is 4.79 Å². The highest BCUT2D eigenvalue weighted by Gasteiger charge is 2.28. The Kier molecular flexibility index (Phi) is 5.58. The van der Waals surface area contributed by atoms with Crippen molar-refractivity contribution >= 4 is 24.1 Å². The lowest BCUT2D eigenvalue weighted by molar-refractivity contribution is -0.129. The van der Waals surface area contributed by atoms with E-state index in [-0.39, 0.29) is 18.3 Å². The molecule has 1 aromatic heterocycles.